The number of carbonyl (C=O) groups is 2. The molecule has 1 heterocycles. The van der Waals surface area contributed by atoms with Crippen LogP contribution >= 0.6 is 0 Å². The molecule has 2 unspecified atom stereocenters. The first kappa shape index (κ1) is 52.4. The summed E-state index contributed by atoms with van der Waals surface area (Å²) in [5.74, 6) is -0.878. The van der Waals surface area contributed by atoms with Crippen LogP contribution in [0.2, 0.25) is 0 Å². The Bertz CT molecular complexity index is 1110. The molecule has 0 amide bonds. The lowest BCUT2D eigenvalue weighted by Crippen LogP contribution is -2.59. The van der Waals surface area contributed by atoms with Gasteiger partial charge >= 0.3 is 11.9 Å². The van der Waals surface area contributed by atoms with Crippen LogP contribution in [-0.2, 0) is 28.5 Å². The van der Waals surface area contributed by atoms with Crippen LogP contribution in [0.3, 0.4) is 0 Å². The minimum absolute atomic E-state index is 0.152. The number of rotatable bonds is 36. The normalized spacial score (nSPS) is 20.8. The maximum Gasteiger partial charge on any atom is 0.306 e. The Hall–Kier alpha value is -2.60. The summed E-state index contributed by atoms with van der Waals surface area (Å²) in [6.45, 7) is 3.30. The van der Waals surface area contributed by atoms with Crippen LogP contribution in [0.5, 0.6) is 0 Å². The topological polar surface area (TPSA) is 152 Å². The van der Waals surface area contributed by atoms with Crippen molar-refractivity contribution in [1.82, 2.24) is 0 Å². The van der Waals surface area contributed by atoms with E-state index in [-0.39, 0.29) is 26.1 Å². The Morgan fingerprint density at radius 1 is 0.544 bits per heavy atom. The van der Waals surface area contributed by atoms with Gasteiger partial charge in [-0.3, -0.25) is 9.59 Å². The molecule has 1 saturated heterocycles. The van der Waals surface area contributed by atoms with E-state index in [0.717, 1.165) is 44.9 Å². The first-order valence-electron chi connectivity index (χ1n) is 22.4. The van der Waals surface area contributed by atoms with E-state index in [2.05, 4.69) is 68.5 Å². The van der Waals surface area contributed by atoms with Crippen molar-refractivity contribution >= 4 is 11.9 Å². The summed E-state index contributed by atoms with van der Waals surface area (Å²) < 4.78 is 22.1. The quantitative estimate of drug-likeness (QED) is 0.0274. The van der Waals surface area contributed by atoms with E-state index in [1.807, 2.05) is 6.08 Å². The highest BCUT2D eigenvalue weighted by atomic mass is 16.7. The molecule has 0 spiro atoms. The molecule has 0 bridgehead atoms. The maximum absolute atomic E-state index is 12.7. The van der Waals surface area contributed by atoms with Crippen LogP contribution < -0.4 is 0 Å². The van der Waals surface area contributed by atoms with Gasteiger partial charge in [-0.1, -0.05) is 145 Å². The second kappa shape index (κ2) is 37.7. The lowest BCUT2D eigenvalue weighted by atomic mass is 9.99. The zero-order chi connectivity index (χ0) is 41.6. The average Bonchev–Trinajstić information content (AvgIpc) is 3.21. The van der Waals surface area contributed by atoms with Crippen molar-refractivity contribution < 1.29 is 49.0 Å². The molecule has 0 aromatic heterocycles. The van der Waals surface area contributed by atoms with Gasteiger partial charge in [0, 0.05) is 12.8 Å². The van der Waals surface area contributed by atoms with Crippen molar-refractivity contribution in [3.8, 4) is 0 Å². The van der Waals surface area contributed by atoms with E-state index in [4.69, 9.17) is 18.9 Å². The number of aliphatic hydroxyl groups excluding tert-OH is 4. The number of unbranched alkanes of at least 4 members (excludes halogenated alkanes) is 15. The van der Waals surface area contributed by atoms with Crippen molar-refractivity contribution in [2.24, 2.45) is 0 Å². The van der Waals surface area contributed by atoms with Crippen LogP contribution in [0.4, 0.5) is 0 Å². The van der Waals surface area contributed by atoms with E-state index >= 15 is 0 Å². The maximum atomic E-state index is 12.7. The number of ether oxygens (including phenoxy) is 4. The van der Waals surface area contributed by atoms with Gasteiger partial charge in [0.25, 0.3) is 0 Å². The van der Waals surface area contributed by atoms with Crippen LogP contribution in [-0.4, -0.2) is 89.0 Å². The summed E-state index contributed by atoms with van der Waals surface area (Å²) in [5, 5.41) is 40.0. The summed E-state index contributed by atoms with van der Waals surface area (Å²) >= 11 is 0. The van der Waals surface area contributed by atoms with Crippen molar-refractivity contribution in [1.29, 1.82) is 0 Å². The van der Waals surface area contributed by atoms with Gasteiger partial charge < -0.3 is 39.4 Å². The summed E-state index contributed by atoms with van der Waals surface area (Å²) in [6.07, 6.45) is 38.0. The first-order valence-corrected chi connectivity index (χ1v) is 22.4. The fourth-order valence-corrected chi connectivity index (χ4v) is 6.28. The van der Waals surface area contributed by atoms with Gasteiger partial charge in [0.1, 0.15) is 31.0 Å². The van der Waals surface area contributed by atoms with Crippen molar-refractivity contribution in [2.75, 3.05) is 19.8 Å². The highest BCUT2D eigenvalue weighted by Gasteiger charge is 2.44. The predicted octanol–water partition coefficient (Wildman–Crippen LogP) is 9.44. The molecule has 0 aromatic rings. The lowest BCUT2D eigenvalue weighted by Gasteiger charge is -2.39. The number of hydrogen-bond donors (Lipinski definition) is 4. The van der Waals surface area contributed by atoms with Gasteiger partial charge in [0.15, 0.2) is 12.4 Å². The minimum atomic E-state index is -1.61. The molecule has 0 aliphatic carbocycles. The fourth-order valence-electron chi connectivity index (χ4n) is 6.28. The van der Waals surface area contributed by atoms with Crippen LogP contribution in [0.25, 0.3) is 0 Å². The molecule has 1 fully saturated rings. The Morgan fingerprint density at radius 3 is 1.60 bits per heavy atom. The molecule has 57 heavy (non-hydrogen) atoms. The molecule has 10 nitrogen and oxygen atoms in total. The summed E-state index contributed by atoms with van der Waals surface area (Å²) in [6, 6.07) is 0. The van der Waals surface area contributed by atoms with E-state index in [0.29, 0.717) is 19.3 Å². The van der Waals surface area contributed by atoms with E-state index in [9.17, 15) is 30.0 Å². The summed E-state index contributed by atoms with van der Waals surface area (Å²) in [4.78, 5) is 25.3. The van der Waals surface area contributed by atoms with Crippen LogP contribution in [0.15, 0.2) is 60.8 Å². The van der Waals surface area contributed by atoms with E-state index < -0.39 is 55.4 Å². The fraction of sp³-hybridized carbons (Fsp3) is 0.745. The van der Waals surface area contributed by atoms with Gasteiger partial charge in [-0.15, -0.1) is 0 Å². The molecule has 0 radical (unpaired) electrons. The zero-order valence-corrected chi connectivity index (χ0v) is 35.6. The Kier molecular flexibility index (Phi) is 34.6. The molecule has 0 aromatic carbocycles. The SMILES string of the molecule is CCCC/C=C/CCCCCCCCCCCC(=O)OC[C@H](CO[C@@H]1O[C@H](CO)[C@H](O)C(O)C1O)OC(=O)CCC/C=C/C/C=C/C/C=C/C/C=C/CCCCC. The third-order valence-electron chi connectivity index (χ3n) is 9.88. The van der Waals surface area contributed by atoms with E-state index in [1.54, 1.807) is 0 Å². The Morgan fingerprint density at radius 2 is 1.02 bits per heavy atom. The second-order valence-corrected chi connectivity index (χ2v) is 15.1. The number of esters is 2. The number of aliphatic hydroxyl groups is 4. The third kappa shape index (κ3) is 29.3. The molecule has 0 saturated carbocycles. The molecule has 1 aliphatic heterocycles. The Balaban J connectivity index is 2.39. The number of hydrogen-bond acceptors (Lipinski definition) is 10. The van der Waals surface area contributed by atoms with Gasteiger partial charge in [0.2, 0.25) is 0 Å². The van der Waals surface area contributed by atoms with Crippen molar-refractivity contribution in [3.05, 3.63) is 60.8 Å². The van der Waals surface area contributed by atoms with Crippen LogP contribution in [0, 0.1) is 0 Å². The molecule has 6 atom stereocenters. The summed E-state index contributed by atoms with van der Waals surface area (Å²) in [7, 11) is 0. The van der Waals surface area contributed by atoms with Crippen LogP contribution in [0.1, 0.15) is 168 Å². The first-order chi connectivity index (χ1) is 27.8. The van der Waals surface area contributed by atoms with Gasteiger partial charge in [-0.05, 0) is 70.6 Å². The smallest absolute Gasteiger partial charge is 0.306 e. The molecular weight excluding hydrogens is 725 g/mol. The van der Waals surface area contributed by atoms with Gasteiger partial charge in [0.05, 0.1) is 13.2 Å². The standard InChI is InChI=1S/C47H80O10/c1-3-5-7-9-11-13-15-17-19-20-22-24-26-28-30-32-34-36-43(50)56-40(39-55-47-46(53)45(52)44(51)41(37-48)57-47)38-54-42(49)35-33-31-29-27-25-23-21-18-16-14-12-10-8-6-4-2/h10-13,17,19,22,24,28,30,40-41,44-48,51-53H,3-9,14-16,18,20-21,23,25-27,29,31-39H2,1-2H3/b12-10+,13-11+,19-17+,24-22+,30-28+/t40-,41-,44+,45?,46?,47-/m1/s1. The monoisotopic (exact) mass is 805 g/mol. The third-order valence-corrected chi connectivity index (χ3v) is 9.88. The second-order valence-electron chi connectivity index (χ2n) is 15.1. The molecule has 1 aliphatic rings. The molecule has 328 valence electrons. The summed E-state index contributed by atoms with van der Waals surface area (Å²) in [5.41, 5.74) is 0. The molecule has 10 heteroatoms. The highest BCUT2D eigenvalue weighted by Crippen LogP contribution is 2.22. The average molecular weight is 805 g/mol. The van der Waals surface area contributed by atoms with Crippen molar-refractivity contribution in [2.45, 2.75) is 205 Å². The zero-order valence-electron chi connectivity index (χ0n) is 35.6. The van der Waals surface area contributed by atoms with Gasteiger partial charge in [-0.2, -0.15) is 0 Å². The molecular formula is C47H80O10. The van der Waals surface area contributed by atoms with Gasteiger partial charge in [-0.25, -0.2) is 0 Å². The lowest BCUT2D eigenvalue weighted by molar-refractivity contribution is -0.305. The van der Waals surface area contributed by atoms with E-state index in [1.165, 1.54) is 77.0 Å². The van der Waals surface area contributed by atoms with Crippen molar-refractivity contribution in [3.63, 3.8) is 0 Å². The number of allylic oxidation sites excluding steroid dienone is 10. The molecule has 4 N–H and O–H groups in total. The molecule has 1 rings (SSSR count). The Labute approximate surface area is 345 Å². The predicted molar refractivity (Wildman–Crippen MR) is 228 cm³/mol. The highest BCUT2D eigenvalue weighted by molar-refractivity contribution is 5.70. The largest absolute Gasteiger partial charge is 0.462 e. The number of carbonyl (C=O) groups excluding carboxylic acids is 2. The minimum Gasteiger partial charge on any atom is -0.462 e.